The fourth-order valence-electron chi connectivity index (χ4n) is 2.41. The van der Waals surface area contributed by atoms with E-state index < -0.39 is 6.29 Å². The molecule has 0 aromatic heterocycles. The van der Waals surface area contributed by atoms with Gasteiger partial charge in [-0.1, -0.05) is 36.8 Å². The van der Waals surface area contributed by atoms with E-state index in [2.05, 4.69) is 26.8 Å². The third kappa shape index (κ3) is 4.43. The lowest BCUT2D eigenvalue weighted by atomic mass is 10.0. The van der Waals surface area contributed by atoms with Crippen molar-refractivity contribution in [2.24, 2.45) is 5.92 Å². The molecule has 1 aromatic carbocycles. The van der Waals surface area contributed by atoms with Crippen molar-refractivity contribution in [1.82, 2.24) is 0 Å². The first-order chi connectivity index (χ1) is 10.1. The largest absolute Gasteiger partial charge is 0.428 e. The molecule has 0 aliphatic carbocycles. The number of benzene rings is 1. The Morgan fingerprint density at radius 1 is 1.33 bits per heavy atom. The zero-order valence-electron chi connectivity index (χ0n) is 13.1. The van der Waals surface area contributed by atoms with E-state index in [0.717, 1.165) is 24.8 Å². The van der Waals surface area contributed by atoms with Crippen LogP contribution < -0.4 is 0 Å². The number of carbonyl (C=O) groups excluding carboxylic acids is 1. The molecular weight excluding hydrogens is 264 g/mol. The van der Waals surface area contributed by atoms with E-state index in [1.807, 2.05) is 18.2 Å². The van der Waals surface area contributed by atoms with E-state index in [9.17, 15) is 4.79 Å². The summed E-state index contributed by atoms with van der Waals surface area (Å²) in [6.45, 7) is 7.10. The average molecular weight is 288 g/mol. The van der Waals surface area contributed by atoms with Crippen molar-refractivity contribution in [3.8, 4) is 0 Å². The molecule has 2 rings (SSSR count). The van der Waals surface area contributed by atoms with Gasteiger partial charge in [-0.3, -0.25) is 0 Å². The highest BCUT2D eigenvalue weighted by atomic mass is 16.7. The molecule has 3 nitrogen and oxygen atoms in total. The summed E-state index contributed by atoms with van der Waals surface area (Å²) in [5.74, 6) is 0.320. The van der Waals surface area contributed by atoms with Crippen LogP contribution in [0.1, 0.15) is 62.2 Å². The third-order valence-electron chi connectivity index (χ3n) is 3.74. The third-order valence-corrected chi connectivity index (χ3v) is 3.74. The van der Waals surface area contributed by atoms with E-state index in [0.29, 0.717) is 18.1 Å². The van der Waals surface area contributed by atoms with Crippen LogP contribution in [0, 0.1) is 5.92 Å². The molecule has 0 spiro atoms. The first kappa shape index (κ1) is 15.8. The predicted molar refractivity (Wildman–Crippen MR) is 83.0 cm³/mol. The fraction of sp³-hybridized carbons (Fsp3) is 0.500. The van der Waals surface area contributed by atoms with Gasteiger partial charge < -0.3 is 9.47 Å². The molecule has 1 heterocycles. The monoisotopic (exact) mass is 288 g/mol. The minimum Gasteiger partial charge on any atom is -0.428 e. The molecule has 1 aliphatic heterocycles. The van der Waals surface area contributed by atoms with Gasteiger partial charge >= 0.3 is 5.97 Å². The number of cyclic esters (lactones) is 1. The number of rotatable bonds is 7. The van der Waals surface area contributed by atoms with Crippen LogP contribution in [0.3, 0.4) is 0 Å². The molecule has 2 unspecified atom stereocenters. The maximum Gasteiger partial charge on any atom is 0.341 e. The second-order valence-corrected chi connectivity index (χ2v) is 5.95. The molecule has 0 radical (unpaired) electrons. The lowest BCUT2D eigenvalue weighted by molar-refractivity contribution is -0.106. The summed E-state index contributed by atoms with van der Waals surface area (Å²) in [6.07, 6.45) is 5.00. The van der Waals surface area contributed by atoms with Crippen molar-refractivity contribution in [3.63, 3.8) is 0 Å². The van der Waals surface area contributed by atoms with E-state index in [1.54, 1.807) is 6.07 Å². The highest BCUT2D eigenvalue weighted by molar-refractivity contribution is 5.93. The van der Waals surface area contributed by atoms with Gasteiger partial charge in [0.1, 0.15) is 0 Å². The first-order valence-corrected chi connectivity index (χ1v) is 7.63. The maximum absolute atomic E-state index is 11.7. The SMILES string of the molecule is CC(C)=CCCC(C)CCOC1OC(=O)c2ccccc21. The van der Waals surface area contributed by atoms with Crippen molar-refractivity contribution in [2.45, 2.75) is 46.3 Å². The molecule has 0 fully saturated rings. The van der Waals surface area contributed by atoms with Crippen LogP contribution >= 0.6 is 0 Å². The second kappa shape index (κ2) is 7.41. The summed E-state index contributed by atoms with van der Waals surface area (Å²) >= 11 is 0. The van der Waals surface area contributed by atoms with Crippen LogP contribution in [0.5, 0.6) is 0 Å². The van der Waals surface area contributed by atoms with Gasteiger partial charge in [-0.25, -0.2) is 4.79 Å². The standard InChI is InChI=1S/C18H24O3/c1-13(2)7-6-8-14(3)11-12-20-18-16-10-5-4-9-15(16)17(19)21-18/h4-5,7,9-10,14,18H,6,8,11-12H2,1-3H3. The average Bonchev–Trinajstić information content (AvgIpc) is 2.76. The molecule has 0 N–H and O–H groups in total. The molecule has 0 saturated carbocycles. The van der Waals surface area contributed by atoms with Gasteiger partial charge in [0.25, 0.3) is 0 Å². The van der Waals surface area contributed by atoms with Crippen LogP contribution in [0.2, 0.25) is 0 Å². The van der Waals surface area contributed by atoms with Crippen LogP contribution in [0.25, 0.3) is 0 Å². The molecule has 0 saturated heterocycles. The summed E-state index contributed by atoms with van der Waals surface area (Å²) in [7, 11) is 0. The van der Waals surface area contributed by atoms with Crippen LogP contribution in [0.15, 0.2) is 35.9 Å². The summed E-state index contributed by atoms with van der Waals surface area (Å²) in [4.78, 5) is 11.7. The van der Waals surface area contributed by atoms with Gasteiger partial charge in [-0.05, 0) is 45.1 Å². The van der Waals surface area contributed by atoms with Gasteiger partial charge in [0, 0.05) is 5.56 Å². The lowest BCUT2D eigenvalue weighted by Gasteiger charge is -2.14. The molecule has 1 aromatic rings. The Balaban J connectivity index is 1.75. The molecule has 0 amide bonds. The fourth-order valence-corrected chi connectivity index (χ4v) is 2.41. The number of allylic oxidation sites excluding steroid dienone is 2. The number of carbonyl (C=O) groups is 1. The Morgan fingerprint density at radius 2 is 2.10 bits per heavy atom. The van der Waals surface area contributed by atoms with Crippen molar-refractivity contribution in [2.75, 3.05) is 6.61 Å². The highest BCUT2D eigenvalue weighted by Crippen LogP contribution is 2.31. The van der Waals surface area contributed by atoms with E-state index in [-0.39, 0.29) is 5.97 Å². The molecule has 3 heteroatoms. The number of ether oxygens (including phenoxy) is 2. The van der Waals surface area contributed by atoms with Crippen LogP contribution in [-0.2, 0) is 9.47 Å². The summed E-state index contributed by atoms with van der Waals surface area (Å²) in [5.41, 5.74) is 2.84. The Labute approximate surface area is 127 Å². The van der Waals surface area contributed by atoms with Gasteiger partial charge in [0.2, 0.25) is 6.29 Å². The smallest absolute Gasteiger partial charge is 0.341 e. The number of fused-ring (bicyclic) bond motifs is 1. The van der Waals surface area contributed by atoms with E-state index >= 15 is 0 Å². The predicted octanol–water partition coefficient (Wildman–Crippen LogP) is 4.64. The molecule has 21 heavy (non-hydrogen) atoms. The Kier molecular flexibility index (Phi) is 5.57. The Hall–Kier alpha value is -1.61. The minimum absolute atomic E-state index is 0.285. The quantitative estimate of drug-likeness (QED) is 0.541. The topological polar surface area (TPSA) is 35.5 Å². The molecule has 114 valence electrons. The van der Waals surface area contributed by atoms with E-state index in [4.69, 9.17) is 9.47 Å². The molecule has 2 atom stereocenters. The molecule has 1 aliphatic rings. The normalized spacial score (nSPS) is 18.0. The van der Waals surface area contributed by atoms with Gasteiger partial charge in [-0.15, -0.1) is 0 Å². The van der Waals surface area contributed by atoms with Gasteiger partial charge in [0.05, 0.1) is 12.2 Å². The van der Waals surface area contributed by atoms with Crippen LogP contribution in [0.4, 0.5) is 0 Å². The zero-order chi connectivity index (χ0) is 15.2. The Morgan fingerprint density at radius 3 is 2.86 bits per heavy atom. The van der Waals surface area contributed by atoms with Crippen LogP contribution in [-0.4, -0.2) is 12.6 Å². The Bertz CT molecular complexity index is 515. The summed E-state index contributed by atoms with van der Waals surface area (Å²) < 4.78 is 11.0. The van der Waals surface area contributed by atoms with E-state index in [1.165, 1.54) is 5.57 Å². The maximum atomic E-state index is 11.7. The second-order valence-electron chi connectivity index (χ2n) is 5.95. The van der Waals surface area contributed by atoms with Crippen molar-refractivity contribution in [3.05, 3.63) is 47.0 Å². The number of hydrogen-bond acceptors (Lipinski definition) is 3. The van der Waals surface area contributed by atoms with Crippen molar-refractivity contribution >= 4 is 5.97 Å². The summed E-state index contributed by atoms with van der Waals surface area (Å²) in [5, 5.41) is 0. The number of hydrogen-bond donors (Lipinski definition) is 0. The number of esters is 1. The zero-order valence-corrected chi connectivity index (χ0v) is 13.1. The van der Waals surface area contributed by atoms with Gasteiger partial charge in [-0.2, -0.15) is 0 Å². The van der Waals surface area contributed by atoms with Crippen molar-refractivity contribution in [1.29, 1.82) is 0 Å². The van der Waals surface area contributed by atoms with Crippen molar-refractivity contribution < 1.29 is 14.3 Å². The molecule has 0 bridgehead atoms. The lowest BCUT2D eigenvalue weighted by Crippen LogP contribution is -2.08. The van der Waals surface area contributed by atoms with Gasteiger partial charge in [0.15, 0.2) is 0 Å². The summed E-state index contributed by atoms with van der Waals surface area (Å²) in [6, 6.07) is 7.42. The first-order valence-electron chi connectivity index (χ1n) is 7.63. The highest BCUT2D eigenvalue weighted by Gasteiger charge is 2.30. The minimum atomic E-state index is -0.529. The molecular formula is C18H24O3.